The summed E-state index contributed by atoms with van der Waals surface area (Å²) in [5.41, 5.74) is 2.05. The van der Waals surface area contributed by atoms with Crippen molar-refractivity contribution in [3.63, 3.8) is 0 Å². The Labute approximate surface area is 168 Å². The molecule has 0 aliphatic heterocycles. The quantitative estimate of drug-likeness (QED) is 0.714. The molecule has 0 atom stereocenters. The van der Waals surface area contributed by atoms with Crippen molar-refractivity contribution in [3.8, 4) is 0 Å². The molecular weight excluding hydrogens is 376 g/mol. The molecule has 28 heavy (non-hydrogen) atoms. The molecule has 1 aromatic heterocycles. The van der Waals surface area contributed by atoms with Gasteiger partial charge in [0.2, 0.25) is 5.95 Å². The molecule has 0 spiro atoms. The van der Waals surface area contributed by atoms with Gasteiger partial charge in [-0.15, -0.1) is 0 Å². The van der Waals surface area contributed by atoms with Crippen LogP contribution >= 0.6 is 11.6 Å². The van der Waals surface area contributed by atoms with Gasteiger partial charge in [-0.2, -0.15) is 4.98 Å². The second kappa shape index (κ2) is 8.27. The van der Waals surface area contributed by atoms with Crippen LogP contribution < -0.4 is 10.9 Å². The lowest BCUT2D eigenvalue weighted by molar-refractivity contribution is 0.0825. The molecule has 6 nitrogen and oxygen atoms in total. The number of carbonyl (C=O) groups excluding carboxylic acids is 1. The Morgan fingerprint density at radius 2 is 1.86 bits per heavy atom. The van der Waals surface area contributed by atoms with E-state index in [1.165, 1.54) is 4.90 Å². The Morgan fingerprint density at radius 3 is 2.54 bits per heavy atom. The van der Waals surface area contributed by atoms with Crippen LogP contribution in [0.3, 0.4) is 0 Å². The van der Waals surface area contributed by atoms with Gasteiger partial charge in [0.15, 0.2) is 0 Å². The Morgan fingerprint density at radius 1 is 1.14 bits per heavy atom. The van der Waals surface area contributed by atoms with Crippen molar-refractivity contribution in [2.45, 2.75) is 13.5 Å². The lowest BCUT2D eigenvalue weighted by Crippen LogP contribution is -2.31. The standard InChI is InChI=1S/C21H21ClN4O2/c1-14-17(22)10-7-11-18(14)23-21-24-19(27)16(20(28)25(2)3)13-26(21)12-15-8-5-4-6-9-15/h4-11,13H,12H2,1-3H3,(H,23,24,27). The van der Waals surface area contributed by atoms with Crippen molar-refractivity contribution >= 4 is 29.1 Å². The smallest absolute Gasteiger partial charge is 0.287 e. The van der Waals surface area contributed by atoms with E-state index >= 15 is 0 Å². The van der Waals surface area contributed by atoms with Gasteiger partial charge >= 0.3 is 0 Å². The maximum atomic E-state index is 12.5. The van der Waals surface area contributed by atoms with Crippen molar-refractivity contribution in [2.24, 2.45) is 0 Å². The Hall–Kier alpha value is -3.12. The van der Waals surface area contributed by atoms with E-state index in [1.54, 1.807) is 30.9 Å². The molecule has 0 unspecified atom stereocenters. The van der Waals surface area contributed by atoms with E-state index in [9.17, 15) is 9.59 Å². The number of halogens is 1. The zero-order chi connectivity index (χ0) is 20.3. The molecule has 1 amide bonds. The summed E-state index contributed by atoms with van der Waals surface area (Å²) in [6.45, 7) is 2.33. The van der Waals surface area contributed by atoms with Crippen LogP contribution in [0.1, 0.15) is 21.5 Å². The fourth-order valence-corrected chi connectivity index (χ4v) is 2.92. The van der Waals surface area contributed by atoms with Crippen LogP contribution in [0.15, 0.2) is 59.5 Å². The summed E-state index contributed by atoms with van der Waals surface area (Å²) >= 11 is 6.20. The maximum absolute atomic E-state index is 12.5. The third-order valence-corrected chi connectivity index (χ3v) is 4.75. The number of carbonyl (C=O) groups is 1. The van der Waals surface area contributed by atoms with Crippen molar-refractivity contribution in [1.82, 2.24) is 14.5 Å². The van der Waals surface area contributed by atoms with Crippen LogP contribution in [-0.4, -0.2) is 34.5 Å². The van der Waals surface area contributed by atoms with Crippen LogP contribution in [-0.2, 0) is 6.54 Å². The molecule has 0 bridgehead atoms. The number of aromatic nitrogens is 2. The van der Waals surface area contributed by atoms with E-state index in [0.29, 0.717) is 17.5 Å². The predicted octanol–water partition coefficient (Wildman–Crippen LogP) is 3.70. The van der Waals surface area contributed by atoms with Crippen molar-refractivity contribution in [1.29, 1.82) is 0 Å². The number of amides is 1. The summed E-state index contributed by atoms with van der Waals surface area (Å²) in [6, 6.07) is 15.2. The van der Waals surface area contributed by atoms with Crippen LogP contribution in [0.5, 0.6) is 0 Å². The monoisotopic (exact) mass is 396 g/mol. The van der Waals surface area contributed by atoms with Gasteiger partial charge in [0.05, 0.1) is 6.54 Å². The second-order valence-electron chi connectivity index (χ2n) is 6.63. The molecule has 0 saturated carbocycles. The molecule has 2 aromatic carbocycles. The molecule has 0 saturated heterocycles. The fraction of sp³-hybridized carbons (Fsp3) is 0.190. The van der Waals surface area contributed by atoms with Crippen molar-refractivity contribution in [2.75, 3.05) is 19.4 Å². The summed E-state index contributed by atoms with van der Waals surface area (Å²) in [6.07, 6.45) is 1.55. The summed E-state index contributed by atoms with van der Waals surface area (Å²) in [7, 11) is 3.20. The fourth-order valence-electron chi connectivity index (χ4n) is 2.74. The second-order valence-corrected chi connectivity index (χ2v) is 7.04. The number of nitrogens with one attached hydrogen (secondary N) is 1. The van der Waals surface area contributed by atoms with Crippen LogP contribution in [0.25, 0.3) is 0 Å². The lowest BCUT2D eigenvalue weighted by atomic mass is 10.2. The van der Waals surface area contributed by atoms with Gasteiger partial charge in [-0.1, -0.05) is 48.0 Å². The molecule has 0 aliphatic rings. The van der Waals surface area contributed by atoms with Gasteiger partial charge in [0, 0.05) is 31.0 Å². The highest BCUT2D eigenvalue weighted by Crippen LogP contribution is 2.25. The molecule has 3 aromatic rings. The maximum Gasteiger partial charge on any atom is 0.287 e. The zero-order valence-corrected chi connectivity index (χ0v) is 16.7. The van der Waals surface area contributed by atoms with E-state index < -0.39 is 5.56 Å². The summed E-state index contributed by atoms with van der Waals surface area (Å²) in [5.74, 6) is -0.0423. The third kappa shape index (κ3) is 4.23. The summed E-state index contributed by atoms with van der Waals surface area (Å²) < 4.78 is 1.76. The Kier molecular flexibility index (Phi) is 5.80. The molecule has 1 heterocycles. The number of hydrogen-bond donors (Lipinski definition) is 1. The summed E-state index contributed by atoms with van der Waals surface area (Å²) in [4.78, 5) is 30.4. The van der Waals surface area contributed by atoms with Gasteiger partial charge in [-0.05, 0) is 30.2 Å². The number of rotatable bonds is 5. The molecule has 0 radical (unpaired) electrons. The van der Waals surface area contributed by atoms with E-state index in [1.807, 2.05) is 49.4 Å². The molecular formula is C21H21ClN4O2. The van der Waals surface area contributed by atoms with E-state index in [4.69, 9.17) is 11.6 Å². The Bertz CT molecular complexity index is 1060. The van der Waals surface area contributed by atoms with E-state index in [0.717, 1.165) is 16.8 Å². The van der Waals surface area contributed by atoms with Gasteiger partial charge in [-0.25, -0.2) is 0 Å². The topological polar surface area (TPSA) is 67.2 Å². The zero-order valence-electron chi connectivity index (χ0n) is 15.9. The highest BCUT2D eigenvalue weighted by molar-refractivity contribution is 6.31. The minimum absolute atomic E-state index is 0.0225. The van der Waals surface area contributed by atoms with Gasteiger partial charge in [0.1, 0.15) is 5.56 Å². The van der Waals surface area contributed by atoms with Crippen molar-refractivity contribution < 1.29 is 4.79 Å². The summed E-state index contributed by atoms with van der Waals surface area (Å²) in [5, 5.41) is 3.79. The van der Waals surface area contributed by atoms with Crippen molar-refractivity contribution in [3.05, 3.63) is 86.8 Å². The van der Waals surface area contributed by atoms with Gasteiger partial charge in [-0.3, -0.25) is 9.59 Å². The number of benzene rings is 2. The molecule has 144 valence electrons. The molecule has 1 N–H and O–H groups in total. The predicted molar refractivity (Wildman–Crippen MR) is 112 cm³/mol. The minimum atomic E-state index is -0.579. The highest BCUT2D eigenvalue weighted by Gasteiger charge is 2.17. The average molecular weight is 397 g/mol. The third-order valence-electron chi connectivity index (χ3n) is 4.34. The average Bonchev–Trinajstić information content (AvgIpc) is 2.67. The molecule has 3 rings (SSSR count). The minimum Gasteiger partial charge on any atom is -0.345 e. The number of hydrogen-bond acceptors (Lipinski definition) is 4. The first-order valence-corrected chi connectivity index (χ1v) is 9.14. The SMILES string of the molecule is Cc1c(Cl)cccc1Nc1nc(=O)c(C(=O)N(C)C)cn1Cc1ccccc1. The first kappa shape index (κ1) is 19.6. The Balaban J connectivity index is 2.09. The lowest BCUT2D eigenvalue weighted by Gasteiger charge is -2.18. The van der Waals surface area contributed by atoms with Gasteiger partial charge < -0.3 is 14.8 Å². The normalized spacial score (nSPS) is 10.6. The number of nitrogens with zero attached hydrogens (tertiary/aromatic N) is 3. The first-order valence-electron chi connectivity index (χ1n) is 8.76. The van der Waals surface area contributed by atoms with Crippen LogP contribution in [0.2, 0.25) is 5.02 Å². The largest absolute Gasteiger partial charge is 0.345 e. The van der Waals surface area contributed by atoms with E-state index in [-0.39, 0.29) is 11.5 Å². The van der Waals surface area contributed by atoms with E-state index in [2.05, 4.69) is 10.3 Å². The van der Waals surface area contributed by atoms with Gasteiger partial charge in [0.25, 0.3) is 11.5 Å². The van der Waals surface area contributed by atoms with Crippen LogP contribution in [0, 0.1) is 6.92 Å². The molecule has 0 fully saturated rings. The molecule has 7 heteroatoms. The highest BCUT2D eigenvalue weighted by atomic mass is 35.5. The van der Waals surface area contributed by atoms with Crippen LogP contribution in [0.4, 0.5) is 11.6 Å². The molecule has 0 aliphatic carbocycles. The first-order chi connectivity index (χ1) is 13.4. The number of anilines is 2.